The molecule has 2 aromatic carbocycles. The zero-order valence-electron chi connectivity index (χ0n) is 11.4. The lowest BCUT2D eigenvalue weighted by molar-refractivity contribution is -0.384. The highest BCUT2D eigenvalue weighted by atomic mass is 16.6. The fourth-order valence-corrected chi connectivity index (χ4v) is 1.77. The number of hydrogen-bond acceptors (Lipinski definition) is 5. The smallest absolute Gasteiger partial charge is 0.338 e. The van der Waals surface area contributed by atoms with Gasteiger partial charge in [-0.25, -0.2) is 4.79 Å². The summed E-state index contributed by atoms with van der Waals surface area (Å²) in [7, 11) is 0. The number of nitrogens with zero attached hydrogens (tertiary/aromatic N) is 1. The number of anilines is 2. The molecule has 0 atom stereocenters. The van der Waals surface area contributed by atoms with Crippen molar-refractivity contribution in [3.05, 3.63) is 64.2 Å². The van der Waals surface area contributed by atoms with E-state index in [4.69, 9.17) is 4.74 Å². The molecule has 0 fully saturated rings. The van der Waals surface area contributed by atoms with Crippen molar-refractivity contribution in [2.45, 2.75) is 6.92 Å². The highest BCUT2D eigenvalue weighted by molar-refractivity contribution is 5.89. The van der Waals surface area contributed by atoms with E-state index in [0.717, 1.165) is 5.69 Å². The summed E-state index contributed by atoms with van der Waals surface area (Å²) in [4.78, 5) is 21.8. The van der Waals surface area contributed by atoms with Crippen LogP contribution >= 0.6 is 0 Å². The third-order valence-corrected chi connectivity index (χ3v) is 2.74. The maximum atomic E-state index is 11.5. The van der Waals surface area contributed by atoms with Crippen LogP contribution in [-0.4, -0.2) is 17.5 Å². The number of hydrogen-bond donors (Lipinski definition) is 1. The third-order valence-electron chi connectivity index (χ3n) is 2.74. The van der Waals surface area contributed by atoms with Gasteiger partial charge >= 0.3 is 5.97 Å². The lowest BCUT2D eigenvalue weighted by Gasteiger charge is -2.07. The van der Waals surface area contributed by atoms with E-state index in [1.165, 1.54) is 12.1 Å². The molecule has 0 aromatic heterocycles. The number of nitrogens with one attached hydrogen (secondary N) is 1. The van der Waals surface area contributed by atoms with Crippen LogP contribution in [0.2, 0.25) is 0 Å². The topological polar surface area (TPSA) is 81.5 Å². The summed E-state index contributed by atoms with van der Waals surface area (Å²) in [5.74, 6) is -0.376. The second-order valence-electron chi connectivity index (χ2n) is 4.23. The molecule has 2 rings (SSSR count). The van der Waals surface area contributed by atoms with Gasteiger partial charge in [0.2, 0.25) is 0 Å². The number of carbonyl (C=O) groups is 1. The largest absolute Gasteiger partial charge is 0.462 e. The number of ether oxygens (including phenoxy) is 1. The maximum Gasteiger partial charge on any atom is 0.338 e. The summed E-state index contributed by atoms with van der Waals surface area (Å²) in [5.41, 5.74) is 1.81. The fourth-order valence-electron chi connectivity index (χ4n) is 1.77. The first-order chi connectivity index (χ1) is 10.1. The highest BCUT2D eigenvalue weighted by Gasteiger charge is 2.07. The first-order valence-electron chi connectivity index (χ1n) is 6.39. The molecular formula is C15H14N2O4. The molecule has 0 aliphatic rings. The van der Waals surface area contributed by atoms with Crippen molar-refractivity contribution < 1.29 is 14.5 Å². The minimum Gasteiger partial charge on any atom is -0.462 e. The number of nitro groups is 1. The number of esters is 1. The van der Waals surface area contributed by atoms with Crippen molar-refractivity contribution in [3.8, 4) is 0 Å². The van der Waals surface area contributed by atoms with Crippen molar-refractivity contribution in [3.63, 3.8) is 0 Å². The molecule has 0 bridgehead atoms. The van der Waals surface area contributed by atoms with Gasteiger partial charge in [0, 0.05) is 23.5 Å². The Morgan fingerprint density at radius 1 is 1.19 bits per heavy atom. The van der Waals surface area contributed by atoms with Crippen molar-refractivity contribution >= 4 is 23.0 Å². The summed E-state index contributed by atoms with van der Waals surface area (Å²) in [6.45, 7) is 2.07. The van der Waals surface area contributed by atoms with Gasteiger partial charge in [-0.1, -0.05) is 6.07 Å². The minimum absolute atomic E-state index is 0.0168. The van der Waals surface area contributed by atoms with Gasteiger partial charge in [-0.3, -0.25) is 10.1 Å². The van der Waals surface area contributed by atoms with Gasteiger partial charge in [-0.05, 0) is 37.3 Å². The monoisotopic (exact) mass is 286 g/mol. The van der Waals surface area contributed by atoms with Crippen LogP contribution in [0.25, 0.3) is 0 Å². The van der Waals surface area contributed by atoms with Gasteiger partial charge in [0.05, 0.1) is 17.1 Å². The predicted octanol–water partition coefficient (Wildman–Crippen LogP) is 3.52. The quantitative estimate of drug-likeness (QED) is 0.516. The van der Waals surface area contributed by atoms with Crippen LogP contribution in [0.4, 0.5) is 17.1 Å². The molecule has 6 heteroatoms. The first kappa shape index (κ1) is 14.5. The Kier molecular flexibility index (Phi) is 4.50. The van der Waals surface area contributed by atoms with E-state index in [0.29, 0.717) is 17.9 Å². The van der Waals surface area contributed by atoms with Gasteiger partial charge in [0.1, 0.15) is 0 Å². The van der Waals surface area contributed by atoms with E-state index < -0.39 is 4.92 Å². The molecular weight excluding hydrogens is 272 g/mol. The van der Waals surface area contributed by atoms with E-state index in [1.807, 2.05) is 0 Å². The SMILES string of the molecule is CCOC(=O)c1ccc(Nc2cccc([N+](=O)[O-])c2)cc1. The number of benzene rings is 2. The van der Waals surface area contributed by atoms with E-state index >= 15 is 0 Å². The van der Waals surface area contributed by atoms with Gasteiger partial charge in [-0.2, -0.15) is 0 Å². The minimum atomic E-state index is -0.449. The molecule has 108 valence electrons. The molecule has 0 saturated heterocycles. The summed E-state index contributed by atoms with van der Waals surface area (Å²) in [6.07, 6.45) is 0. The van der Waals surface area contributed by atoms with Crippen LogP contribution in [0.1, 0.15) is 17.3 Å². The van der Waals surface area contributed by atoms with Gasteiger partial charge in [-0.15, -0.1) is 0 Å². The Morgan fingerprint density at radius 2 is 1.90 bits per heavy atom. The van der Waals surface area contributed by atoms with Crippen LogP contribution in [-0.2, 0) is 4.74 Å². The van der Waals surface area contributed by atoms with E-state index in [1.54, 1.807) is 43.3 Å². The molecule has 0 aliphatic heterocycles. The molecule has 0 radical (unpaired) electrons. The zero-order valence-corrected chi connectivity index (χ0v) is 11.4. The zero-order chi connectivity index (χ0) is 15.2. The Hall–Kier alpha value is -2.89. The Morgan fingerprint density at radius 3 is 2.52 bits per heavy atom. The maximum absolute atomic E-state index is 11.5. The molecule has 0 aliphatic carbocycles. The fraction of sp³-hybridized carbons (Fsp3) is 0.133. The number of carbonyl (C=O) groups excluding carboxylic acids is 1. The summed E-state index contributed by atoms with van der Waals surface area (Å²) < 4.78 is 4.89. The molecule has 2 aromatic rings. The van der Waals surface area contributed by atoms with Crippen LogP contribution < -0.4 is 5.32 Å². The average molecular weight is 286 g/mol. The molecule has 6 nitrogen and oxygen atoms in total. The molecule has 21 heavy (non-hydrogen) atoms. The first-order valence-corrected chi connectivity index (χ1v) is 6.39. The number of rotatable bonds is 5. The van der Waals surface area contributed by atoms with Crippen LogP contribution in [0.15, 0.2) is 48.5 Å². The standard InChI is InChI=1S/C15H14N2O4/c1-2-21-15(18)11-6-8-12(9-7-11)16-13-4-3-5-14(10-13)17(19)20/h3-10,16H,2H2,1H3. The molecule has 0 spiro atoms. The third kappa shape index (κ3) is 3.79. The van der Waals surface area contributed by atoms with Crippen LogP contribution in [0.5, 0.6) is 0 Å². The molecule has 0 amide bonds. The highest BCUT2D eigenvalue weighted by Crippen LogP contribution is 2.21. The second kappa shape index (κ2) is 6.51. The predicted molar refractivity (Wildman–Crippen MR) is 78.8 cm³/mol. The lowest BCUT2D eigenvalue weighted by atomic mass is 10.2. The molecule has 0 unspecified atom stereocenters. The van der Waals surface area contributed by atoms with Crippen LogP contribution in [0.3, 0.4) is 0 Å². The van der Waals surface area contributed by atoms with Crippen LogP contribution in [0, 0.1) is 10.1 Å². The van der Waals surface area contributed by atoms with E-state index in [9.17, 15) is 14.9 Å². The molecule has 0 saturated carbocycles. The Balaban J connectivity index is 2.11. The van der Waals surface area contributed by atoms with Crippen molar-refractivity contribution in [2.24, 2.45) is 0 Å². The number of non-ortho nitro benzene ring substituents is 1. The molecule has 0 heterocycles. The van der Waals surface area contributed by atoms with Crippen molar-refractivity contribution in [2.75, 3.05) is 11.9 Å². The van der Waals surface area contributed by atoms with E-state index in [-0.39, 0.29) is 11.7 Å². The summed E-state index contributed by atoms with van der Waals surface area (Å²) >= 11 is 0. The Bertz CT molecular complexity index is 653. The average Bonchev–Trinajstić information content (AvgIpc) is 2.48. The summed E-state index contributed by atoms with van der Waals surface area (Å²) in [6, 6.07) is 12.9. The van der Waals surface area contributed by atoms with Gasteiger partial charge < -0.3 is 10.1 Å². The van der Waals surface area contributed by atoms with E-state index in [2.05, 4.69) is 5.32 Å². The van der Waals surface area contributed by atoms with Crippen molar-refractivity contribution in [1.29, 1.82) is 0 Å². The lowest BCUT2D eigenvalue weighted by Crippen LogP contribution is -2.04. The second-order valence-corrected chi connectivity index (χ2v) is 4.23. The van der Waals surface area contributed by atoms with Gasteiger partial charge in [0.25, 0.3) is 5.69 Å². The molecule has 1 N–H and O–H groups in total. The van der Waals surface area contributed by atoms with Crippen molar-refractivity contribution in [1.82, 2.24) is 0 Å². The normalized spacial score (nSPS) is 9.95. The van der Waals surface area contributed by atoms with Gasteiger partial charge in [0.15, 0.2) is 0 Å². The summed E-state index contributed by atoms with van der Waals surface area (Å²) in [5, 5.41) is 13.8. The number of nitro benzene ring substituents is 1. The Labute approximate surface area is 121 Å².